The first-order valence-electron chi connectivity index (χ1n) is 15.5. The molecule has 2 aromatic rings. The van der Waals surface area contributed by atoms with Crippen LogP contribution in [0.3, 0.4) is 0 Å². The summed E-state index contributed by atoms with van der Waals surface area (Å²) in [7, 11) is 0. The number of hydrogen-bond donors (Lipinski definition) is 4. The van der Waals surface area contributed by atoms with Crippen molar-refractivity contribution in [2.45, 2.75) is 75.8 Å². The maximum absolute atomic E-state index is 13.4. The fraction of sp³-hybridized carbons (Fsp3) is 0.441. The molecule has 1 aliphatic carbocycles. The Kier molecular flexibility index (Phi) is 12.7. The van der Waals surface area contributed by atoms with Crippen LogP contribution in [0, 0.1) is 5.92 Å². The molecule has 12 nitrogen and oxygen atoms in total. The lowest BCUT2D eigenvalue weighted by atomic mass is 9.95. The minimum absolute atomic E-state index is 0.00699. The van der Waals surface area contributed by atoms with Crippen LogP contribution in [-0.2, 0) is 46.6 Å². The maximum Gasteiger partial charge on any atom is 0.408 e. The van der Waals surface area contributed by atoms with E-state index in [-0.39, 0.29) is 39.1 Å². The summed E-state index contributed by atoms with van der Waals surface area (Å²) in [5.74, 6) is -3.54. The number of ether oxygens (including phenoxy) is 3. The molecule has 2 aliphatic rings. The lowest BCUT2D eigenvalue weighted by molar-refractivity contribution is -0.156. The number of cyclic esters (lactones) is 1. The lowest BCUT2D eigenvalue weighted by Gasteiger charge is -2.29. The SMILES string of the molecule is O=C(C[C@H]1CC=CC[C@@H](NC(=O)OCc2ccccc2)C(=O)OC[C@H](C(=O)OCc2ccccc2)NC1=O)NC1(CO)CCCC1. The first-order valence-corrected chi connectivity index (χ1v) is 15.5. The molecule has 46 heavy (non-hydrogen) atoms. The molecule has 3 atom stereocenters. The second-order valence-electron chi connectivity index (χ2n) is 11.6. The summed E-state index contributed by atoms with van der Waals surface area (Å²) in [6.45, 7) is -0.841. The Morgan fingerprint density at radius 2 is 1.50 bits per heavy atom. The quantitative estimate of drug-likeness (QED) is 0.174. The van der Waals surface area contributed by atoms with E-state index in [9.17, 15) is 29.1 Å². The third kappa shape index (κ3) is 10.4. The molecular formula is C34H41N3O9. The highest BCUT2D eigenvalue weighted by Gasteiger charge is 2.36. The van der Waals surface area contributed by atoms with Gasteiger partial charge in [0.25, 0.3) is 0 Å². The van der Waals surface area contributed by atoms with Gasteiger partial charge >= 0.3 is 18.0 Å². The third-order valence-corrected chi connectivity index (χ3v) is 8.04. The number of allylic oxidation sites excluding steroid dienone is 1. The topological polar surface area (TPSA) is 169 Å². The second-order valence-corrected chi connectivity index (χ2v) is 11.6. The van der Waals surface area contributed by atoms with Crippen LogP contribution in [0.2, 0.25) is 0 Å². The van der Waals surface area contributed by atoms with E-state index in [1.807, 2.05) is 24.3 Å². The van der Waals surface area contributed by atoms with Gasteiger partial charge in [0.1, 0.15) is 25.9 Å². The second kappa shape index (κ2) is 17.1. The summed E-state index contributed by atoms with van der Waals surface area (Å²) in [6.07, 6.45) is 5.39. The van der Waals surface area contributed by atoms with E-state index in [0.717, 1.165) is 24.0 Å². The Bertz CT molecular complexity index is 1360. The molecule has 0 spiro atoms. The van der Waals surface area contributed by atoms with Crippen molar-refractivity contribution in [2.24, 2.45) is 5.92 Å². The van der Waals surface area contributed by atoms with Crippen LogP contribution >= 0.6 is 0 Å². The van der Waals surface area contributed by atoms with Gasteiger partial charge in [-0.2, -0.15) is 0 Å². The number of alkyl carbamates (subject to hydrolysis) is 1. The van der Waals surface area contributed by atoms with Crippen LogP contribution in [0.1, 0.15) is 56.1 Å². The van der Waals surface area contributed by atoms with Crippen molar-refractivity contribution >= 4 is 29.8 Å². The van der Waals surface area contributed by atoms with Gasteiger partial charge in [0.05, 0.1) is 18.1 Å². The lowest BCUT2D eigenvalue weighted by Crippen LogP contribution is -2.51. The predicted octanol–water partition coefficient (Wildman–Crippen LogP) is 2.83. The molecule has 0 saturated heterocycles. The highest BCUT2D eigenvalue weighted by Crippen LogP contribution is 2.29. The van der Waals surface area contributed by atoms with E-state index in [0.29, 0.717) is 12.8 Å². The van der Waals surface area contributed by atoms with Gasteiger partial charge in [0.15, 0.2) is 6.04 Å². The summed E-state index contributed by atoms with van der Waals surface area (Å²) in [4.78, 5) is 65.2. The van der Waals surface area contributed by atoms with Crippen molar-refractivity contribution in [3.63, 3.8) is 0 Å². The molecule has 2 aromatic carbocycles. The Morgan fingerprint density at radius 1 is 0.891 bits per heavy atom. The van der Waals surface area contributed by atoms with Gasteiger partial charge in [-0.15, -0.1) is 0 Å². The molecule has 12 heteroatoms. The first kappa shape index (κ1) is 34.2. The molecule has 246 valence electrons. The first-order chi connectivity index (χ1) is 22.3. The van der Waals surface area contributed by atoms with Crippen molar-refractivity contribution in [1.82, 2.24) is 16.0 Å². The van der Waals surface area contributed by atoms with Gasteiger partial charge in [-0.25, -0.2) is 14.4 Å². The molecule has 0 bridgehead atoms. The van der Waals surface area contributed by atoms with Crippen molar-refractivity contribution in [2.75, 3.05) is 13.2 Å². The average molecular weight is 636 g/mol. The number of hydrogen-bond acceptors (Lipinski definition) is 9. The molecule has 0 aromatic heterocycles. The maximum atomic E-state index is 13.4. The van der Waals surface area contributed by atoms with Crippen LogP contribution in [0.5, 0.6) is 0 Å². The Balaban J connectivity index is 1.46. The molecule has 1 aliphatic heterocycles. The number of nitrogens with one attached hydrogen (secondary N) is 3. The van der Waals surface area contributed by atoms with Gasteiger partial charge in [-0.05, 0) is 36.8 Å². The van der Waals surface area contributed by atoms with Gasteiger partial charge in [-0.1, -0.05) is 85.7 Å². The molecule has 0 unspecified atom stereocenters. The Labute approximate surface area is 267 Å². The van der Waals surface area contributed by atoms with E-state index >= 15 is 0 Å². The zero-order valence-electron chi connectivity index (χ0n) is 25.7. The van der Waals surface area contributed by atoms with Crippen molar-refractivity contribution < 1.29 is 43.3 Å². The van der Waals surface area contributed by atoms with Crippen molar-refractivity contribution in [3.8, 4) is 0 Å². The molecule has 4 N–H and O–H groups in total. The molecule has 1 fully saturated rings. The summed E-state index contributed by atoms with van der Waals surface area (Å²) in [5.41, 5.74) is 0.773. The number of aliphatic hydroxyl groups is 1. The molecule has 1 saturated carbocycles. The molecule has 4 rings (SSSR count). The van der Waals surface area contributed by atoms with E-state index in [4.69, 9.17) is 14.2 Å². The molecule has 0 radical (unpaired) electrons. The monoisotopic (exact) mass is 635 g/mol. The molecular weight excluding hydrogens is 594 g/mol. The number of carbonyl (C=O) groups is 5. The van der Waals surface area contributed by atoms with Crippen LogP contribution in [-0.4, -0.2) is 65.8 Å². The number of aliphatic hydroxyl groups excluding tert-OH is 1. The van der Waals surface area contributed by atoms with E-state index < -0.39 is 60.0 Å². The van der Waals surface area contributed by atoms with Crippen LogP contribution in [0.15, 0.2) is 72.8 Å². The smallest absolute Gasteiger partial charge is 0.408 e. The fourth-order valence-electron chi connectivity index (χ4n) is 5.40. The summed E-state index contributed by atoms with van der Waals surface area (Å²) in [6, 6.07) is 15.4. The summed E-state index contributed by atoms with van der Waals surface area (Å²) >= 11 is 0. The number of esters is 2. The van der Waals surface area contributed by atoms with E-state index in [2.05, 4.69) is 16.0 Å². The minimum atomic E-state index is -1.38. The van der Waals surface area contributed by atoms with Crippen LogP contribution in [0.25, 0.3) is 0 Å². The standard InChI is InChI=1S/C34H41N3O9/c38-23-34(17-9-10-18-34)37-29(39)19-26-15-7-8-16-27(36-33(43)46-21-25-13-5-2-6-14-25)31(41)45-22-28(35-30(26)40)32(42)44-20-24-11-3-1-4-12-24/h1-8,11-14,26-28,38H,9-10,15-23H2,(H,35,40)(H,36,43)(H,37,39)/t26-,27-,28-/m1/s1. The average Bonchev–Trinajstić information content (AvgIpc) is 3.54. The van der Waals surface area contributed by atoms with E-state index in [1.165, 1.54) is 0 Å². The number of carbonyl (C=O) groups excluding carboxylic acids is 5. The van der Waals surface area contributed by atoms with Crippen LogP contribution in [0.4, 0.5) is 4.79 Å². The van der Waals surface area contributed by atoms with Gasteiger partial charge in [0.2, 0.25) is 11.8 Å². The van der Waals surface area contributed by atoms with Crippen molar-refractivity contribution in [1.29, 1.82) is 0 Å². The number of benzene rings is 2. The minimum Gasteiger partial charge on any atom is -0.461 e. The zero-order chi connectivity index (χ0) is 32.8. The summed E-state index contributed by atoms with van der Waals surface area (Å²) in [5, 5.41) is 17.9. The number of rotatable bonds is 10. The predicted molar refractivity (Wildman–Crippen MR) is 166 cm³/mol. The van der Waals surface area contributed by atoms with E-state index in [1.54, 1.807) is 48.6 Å². The van der Waals surface area contributed by atoms with Gasteiger partial charge < -0.3 is 35.3 Å². The zero-order valence-corrected chi connectivity index (χ0v) is 25.7. The largest absolute Gasteiger partial charge is 0.461 e. The number of amides is 3. The Morgan fingerprint density at radius 3 is 2.13 bits per heavy atom. The third-order valence-electron chi connectivity index (χ3n) is 8.04. The molecule has 1 heterocycles. The van der Waals surface area contributed by atoms with Crippen molar-refractivity contribution in [3.05, 3.63) is 83.9 Å². The summed E-state index contributed by atoms with van der Waals surface area (Å²) < 4.78 is 16.1. The normalized spacial score (nSPS) is 21.5. The highest BCUT2D eigenvalue weighted by molar-refractivity contribution is 5.90. The highest BCUT2D eigenvalue weighted by atomic mass is 16.6. The Hall–Kier alpha value is -4.71. The van der Waals surface area contributed by atoms with Crippen LogP contribution < -0.4 is 16.0 Å². The molecule has 3 amide bonds. The fourth-order valence-corrected chi connectivity index (χ4v) is 5.40. The van der Waals surface area contributed by atoms with Gasteiger partial charge in [0, 0.05) is 6.42 Å². The van der Waals surface area contributed by atoms with Gasteiger partial charge in [-0.3, -0.25) is 9.59 Å².